The van der Waals surface area contributed by atoms with Crippen LogP contribution in [0.4, 0.5) is 4.79 Å². The van der Waals surface area contributed by atoms with E-state index in [9.17, 15) is 14.7 Å². The minimum Gasteiger partial charge on any atom is -0.465 e. The fourth-order valence-electron chi connectivity index (χ4n) is 2.47. The van der Waals surface area contributed by atoms with Crippen molar-refractivity contribution in [1.82, 2.24) is 4.90 Å². The van der Waals surface area contributed by atoms with Crippen molar-refractivity contribution in [1.29, 1.82) is 0 Å². The smallest absolute Gasteiger partial charge is 0.408 e. The highest BCUT2D eigenvalue weighted by molar-refractivity contribution is 6.74. The first-order valence-corrected chi connectivity index (χ1v) is 17.2. The van der Waals surface area contributed by atoms with Gasteiger partial charge in [-0.1, -0.05) is 59.8 Å². The van der Waals surface area contributed by atoms with Gasteiger partial charge in [-0.15, -0.1) is 0 Å². The Morgan fingerprint density at radius 3 is 1.88 bits per heavy atom. The summed E-state index contributed by atoms with van der Waals surface area (Å²) in [6.07, 6.45) is 2.37. The quantitative estimate of drug-likeness (QED) is 0.195. The molecule has 0 aliphatic heterocycles. The van der Waals surface area contributed by atoms with E-state index in [0.717, 1.165) is 4.90 Å². The topological polar surface area (TPSA) is 76.1 Å². The molecule has 0 aromatic carbocycles. The highest BCUT2D eigenvalue weighted by Crippen LogP contribution is 2.38. The Labute approximate surface area is 198 Å². The number of hydrogen-bond acceptors (Lipinski definition) is 4. The number of amides is 1. The van der Waals surface area contributed by atoms with Crippen LogP contribution in [0.15, 0.2) is 24.3 Å². The zero-order chi connectivity index (χ0) is 25.5. The van der Waals surface area contributed by atoms with Crippen LogP contribution in [0.25, 0.3) is 0 Å². The summed E-state index contributed by atoms with van der Waals surface area (Å²) in [6.45, 7) is 28.0. The molecule has 0 spiro atoms. The Morgan fingerprint density at radius 2 is 1.47 bits per heavy atom. The summed E-state index contributed by atoms with van der Waals surface area (Å²) in [7, 11) is -4.04. The molecule has 186 valence electrons. The fraction of sp³-hybridized carbons (Fsp3) is 0.750. The lowest BCUT2D eigenvalue weighted by Crippen LogP contribution is -2.50. The van der Waals surface area contributed by atoms with Crippen LogP contribution in [0.5, 0.6) is 0 Å². The second-order valence-electron chi connectivity index (χ2n) is 11.5. The molecule has 1 N–H and O–H groups in total. The molecule has 0 aromatic heterocycles. The molecule has 0 saturated heterocycles. The summed E-state index contributed by atoms with van der Waals surface area (Å²) < 4.78 is 12.6. The van der Waals surface area contributed by atoms with Gasteiger partial charge in [-0.2, -0.15) is 0 Å². The first kappa shape index (κ1) is 30.8. The molecule has 32 heavy (non-hydrogen) atoms. The van der Waals surface area contributed by atoms with Gasteiger partial charge in [0.05, 0.1) is 19.2 Å². The standard InChI is InChI=1S/C24H47NO5Si2/c1-13-14-20(26)17-25(22(27)28)21(18-30-32(11,12)24(6,7)8)19(2)15-16-29-31(9,10)23(3,4)5/h13-14,21H,2,15-18H2,1,3-12H3,(H,27,28)/b14-13+. The maximum atomic E-state index is 12.2. The highest BCUT2D eigenvalue weighted by atomic mass is 28.4. The summed E-state index contributed by atoms with van der Waals surface area (Å²) >= 11 is 0. The van der Waals surface area contributed by atoms with E-state index in [2.05, 4.69) is 74.3 Å². The van der Waals surface area contributed by atoms with Crippen molar-refractivity contribution in [2.24, 2.45) is 0 Å². The van der Waals surface area contributed by atoms with E-state index in [4.69, 9.17) is 8.85 Å². The van der Waals surface area contributed by atoms with Crippen LogP contribution in [0, 0.1) is 0 Å². The zero-order valence-electron chi connectivity index (χ0n) is 22.3. The minimum absolute atomic E-state index is 0.0147. The Kier molecular flexibility index (Phi) is 11.3. The van der Waals surface area contributed by atoms with E-state index < -0.39 is 28.8 Å². The summed E-state index contributed by atoms with van der Waals surface area (Å²) in [5, 5.41) is 9.97. The summed E-state index contributed by atoms with van der Waals surface area (Å²) in [5.74, 6) is -0.266. The number of carbonyl (C=O) groups excluding carboxylic acids is 1. The van der Waals surface area contributed by atoms with Crippen LogP contribution in [0.2, 0.25) is 36.3 Å². The first-order chi connectivity index (χ1) is 14.3. The average molecular weight is 486 g/mol. The van der Waals surface area contributed by atoms with Crippen LogP contribution in [0.3, 0.4) is 0 Å². The molecule has 1 amide bonds. The molecule has 6 nitrogen and oxygen atoms in total. The molecule has 1 atom stereocenters. The lowest BCUT2D eigenvalue weighted by Gasteiger charge is -2.39. The summed E-state index contributed by atoms with van der Waals surface area (Å²) in [4.78, 5) is 25.5. The van der Waals surface area contributed by atoms with Crippen molar-refractivity contribution >= 4 is 28.5 Å². The predicted molar refractivity (Wildman–Crippen MR) is 138 cm³/mol. The second kappa shape index (κ2) is 11.8. The van der Waals surface area contributed by atoms with Gasteiger partial charge in [-0.05, 0) is 55.7 Å². The Morgan fingerprint density at radius 1 is 1.00 bits per heavy atom. The van der Waals surface area contributed by atoms with E-state index in [1.807, 2.05) is 0 Å². The van der Waals surface area contributed by atoms with E-state index in [-0.39, 0.29) is 29.0 Å². The van der Waals surface area contributed by atoms with Crippen LogP contribution in [0.1, 0.15) is 54.9 Å². The van der Waals surface area contributed by atoms with E-state index in [1.54, 1.807) is 13.0 Å². The molecule has 1 unspecified atom stereocenters. The van der Waals surface area contributed by atoms with Crippen LogP contribution in [-0.2, 0) is 13.6 Å². The molecule has 0 aliphatic rings. The molecule has 0 radical (unpaired) electrons. The van der Waals surface area contributed by atoms with Crippen LogP contribution < -0.4 is 0 Å². The van der Waals surface area contributed by atoms with Crippen molar-refractivity contribution < 1.29 is 23.5 Å². The Balaban J connectivity index is 5.66. The van der Waals surface area contributed by atoms with Gasteiger partial charge in [0.15, 0.2) is 22.4 Å². The molecule has 0 aliphatic carbocycles. The van der Waals surface area contributed by atoms with Gasteiger partial charge in [-0.25, -0.2) is 4.79 Å². The number of carboxylic acid groups (broad SMARTS) is 1. The number of hydrogen-bond donors (Lipinski definition) is 1. The fourth-order valence-corrected chi connectivity index (χ4v) is 4.52. The van der Waals surface area contributed by atoms with Crippen molar-refractivity contribution in [2.75, 3.05) is 19.8 Å². The lowest BCUT2D eigenvalue weighted by molar-refractivity contribution is -0.115. The first-order valence-electron chi connectivity index (χ1n) is 11.4. The molecule has 8 heteroatoms. The minimum atomic E-state index is -2.12. The highest BCUT2D eigenvalue weighted by Gasteiger charge is 2.40. The third-order valence-electron chi connectivity index (χ3n) is 6.87. The molecule has 0 aromatic rings. The summed E-state index contributed by atoms with van der Waals surface area (Å²) in [6, 6.07) is -0.612. The van der Waals surface area contributed by atoms with Gasteiger partial charge in [0.25, 0.3) is 0 Å². The van der Waals surface area contributed by atoms with E-state index >= 15 is 0 Å². The number of nitrogens with zero attached hydrogens (tertiary/aromatic N) is 1. The number of allylic oxidation sites excluding steroid dienone is 1. The van der Waals surface area contributed by atoms with Gasteiger partial charge in [0.1, 0.15) is 0 Å². The summed E-state index contributed by atoms with van der Waals surface area (Å²) in [5.41, 5.74) is 0.707. The van der Waals surface area contributed by atoms with Crippen molar-refractivity contribution in [3.05, 3.63) is 24.3 Å². The van der Waals surface area contributed by atoms with Crippen LogP contribution in [-0.4, -0.2) is 64.3 Å². The van der Waals surface area contributed by atoms with E-state index in [1.165, 1.54) is 6.08 Å². The lowest BCUT2D eigenvalue weighted by atomic mass is 10.1. The monoisotopic (exact) mass is 485 g/mol. The Bertz CT molecular complexity index is 687. The molecule has 0 bridgehead atoms. The van der Waals surface area contributed by atoms with Gasteiger partial charge in [0, 0.05) is 6.61 Å². The van der Waals surface area contributed by atoms with E-state index in [0.29, 0.717) is 18.6 Å². The molecular weight excluding hydrogens is 438 g/mol. The van der Waals surface area contributed by atoms with Crippen molar-refractivity contribution in [2.45, 2.75) is 97.2 Å². The molecule has 0 heterocycles. The van der Waals surface area contributed by atoms with Gasteiger partial charge in [0.2, 0.25) is 0 Å². The maximum Gasteiger partial charge on any atom is 0.408 e. The second-order valence-corrected chi connectivity index (χ2v) is 21.1. The SMILES string of the molecule is C=C(CCO[Si](C)(C)C(C)(C)C)C(CO[Si](C)(C)C(C)(C)C)N(CC(=O)/C=C/C)C(=O)O. The third-order valence-corrected chi connectivity index (χ3v) is 15.9. The molecular formula is C24H47NO5Si2. The number of carbonyl (C=O) groups is 2. The van der Waals surface area contributed by atoms with Gasteiger partial charge in [-0.3, -0.25) is 9.69 Å². The molecule has 0 saturated carbocycles. The van der Waals surface area contributed by atoms with Crippen molar-refractivity contribution in [3.8, 4) is 0 Å². The molecule has 0 fully saturated rings. The molecule has 0 rings (SSSR count). The largest absolute Gasteiger partial charge is 0.465 e. The van der Waals surface area contributed by atoms with Gasteiger partial charge >= 0.3 is 6.09 Å². The number of ketones is 1. The van der Waals surface area contributed by atoms with Crippen LogP contribution >= 0.6 is 0 Å². The third kappa shape index (κ3) is 9.33. The average Bonchev–Trinajstić information content (AvgIpc) is 2.58. The maximum absolute atomic E-state index is 12.2. The Hall–Kier alpha value is -1.23. The predicted octanol–water partition coefficient (Wildman–Crippen LogP) is 6.47. The zero-order valence-corrected chi connectivity index (χ0v) is 24.3. The van der Waals surface area contributed by atoms with Crippen molar-refractivity contribution in [3.63, 3.8) is 0 Å². The number of rotatable bonds is 12. The normalized spacial score (nSPS) is 14.5. The van der Waals surface area contributed by atoms with Gasteiger partial charge < -0.3 is 14.0 Å².